The van der Waals surface area contributed by atoms with E-state index in [0.29, 0.717) is 33.7 Å². The van der Waals surface area contributed by atoms with Crippen molar-refractivity contribution in [1.29, 1.82) is 5.26 Å². The third kappa shape index (κ3) is 7.36. The molecule has 3 aromatic carbocycles. The van der Waals surface area contributed by atoms with Crippen LogP contribution in [-0.2, 0) is 0 Å². The van der Waals surface area contributed by atoms with Gasteiger partial charge >= 0.3 is 0 Å². The normalized spacial score (nSPS) is 13.6. The van der Waals surface area contributed by atoms with E-state index >= 15 is 0 Å². The minimum atomic E-state index is -0.415. The molecule has 0 radical (unpaired) electrons. The summed E-state index contributed by atoms with van der Waals surface area (Å²) in [5.41, 5.74) is 11.2. The molecule has 0 saturated heterocycles. The molecule has 2 unspecified atom stereocenters. The lowest BCUT2D eigenvalue weighted by atomic mass is 9.95. The second-order valence-corrected chi connectivity index (χ2v) is 10.2. The number of nitriles is 1. The number of amides is 1. The number of carbonyl (C=O) groups excluding carboxylic acids is 1. The van der Waals surface area contributed by atoms with Gasteiger partial charge in [-0.05, 0) is 68.2 Å². The number of likely N-dealkylation sites (N-methyl/N-ethyl adjacent to an activating group) is 1. The minimum absolute atomic E-state index is 0.145. The molecule has 42 heavy (non-hydrogen) atoms. The quantitative estimate of drug-likeness (QED) is 0.269. The maximum Gasteiger partial charge on any atom is 0.254 e. The SMILES string of the molecule is CC(N)c1nnc(-c2cc(C(=O)N(C)C(C)C3=CC=CCC=C3)cc(-c3ccccc3C#N)c2)o1.Cc1ccccc1. The molecule has 0 fully saturated rings. The van der Waals surface area contributed by atoms with Gasteiger partial charge in [0, 0.05) is 18.2 Å². The number of hydrogen-bond acceptors (Lipinski definition) is 6. The van der Waals surface area contributed by atoms with Crippen LogP contribution in [0.3, 0.4) is 0 Å². The molecule has 2 N–H and O–H groups in total. The van der Waals surface area contributed by atoms with E-state index in [1.165, 1.54) is 5.56 Å². The van der Waals surface area contributed by atoms with E-state index in [9.17, 15) is 10.1 Å². The van der Waals surface area contributed by atoms with Crippen molar-refractivity contribution >= 4 is 5.91 Å². The van der Waals surface area contributed by atoms with Gasteiger partial charge in [0.15, 0.2) is 0 Å². The molecule has 0 aliphatic heterocycles. The van der Waals surface area contributed by atoms with E-state index in [-0.39, 0.29) is 17.8 Å². The first-order chi connectivity index (χ1) is 20.3. The van der Waals surface area contributed by atoms with E-state index in [0.717, 1.165) is 12.0 Å². The second-order valence-electron chi connectivity index (χ2n) is 10.2. The van der Waals surface area contributed by atoms with E-state index in [2.05, 4.69) is 47.5 Å². The lowest BCUT2D eigenvalue weighted by Gasteiger charge is -2.26. The first-order valence-electron chi connectivity index (χ1n) is 13.8. The van der Waals surface area contributed by atoms with Crippen LogP contribution in [0.5, 0.6) is 0 Å². The van der Waals surface area contributed by atoms with Crippen LogP contribution in [0.15, 0.2) is 113 Å². The Morgan fingerprint density at radius 2 is 1.71 bits per heavy atom. The predicted molar refractivity (Wildman–Crippen MR) is 166 cm³/mol. The molecule has 0 bridgehead atoms. The average Bonchev–Trinajstić information content (AvgIpc) is 3.37. The lowest BCUT2D eigenvalue weighted by Crippen LogP contribution is -2.36. The zero-order valence-corrected chi connectivity index (χ0v) is 24.4. The van der Waals surface area contributed by atoms with Gasteiger partial charge in [-0.2, -0.15) is 5.26 Å². The van der Waals surface area contributed by atoms with Crippen molar-refractivity contribution in [2.75, 3.05) is 7.05 Å². The van der Waals surface area contributed by atoms with Crippen molar-refractivity contribution in [1.82, 2.24) is 15.1 Å². The zero-order chi connectivity index (χ0) is 30.1. The van der Waals surface area contributed by atoms with Gasteiger partial charge in [-0.15, -0.1) is 10.2 Å². The van der Waals surface area contributed by atoms with Gasteiger partial charge < -0.3 is 15.1 Å². The standard InChI is InChI=1S/C28H27N5O2.C7H8/c1-18(30)26-31-32-27(35-26)23-14-22(25-13-9-8-12-21(25)17-29)15-24(16-23)28(34)33(3)19(2)20-10-6-4-5-7-11-20;1-7-5-3-2-4-6-7/h4,6-16,18-19H,5,30H2,1-3H3;2-6H,1H3. The van der Waals surface area contributed by atoms with Crippen LogP contribution in [-0.4, -0.2) is 34.1 Å². The Morgan fingerprint density at radius 3 is 2.38 bits per heavy atom. The van der Waals surface area contributed by atoms with Crippen LogP contribution in [0.2, 0.25) is 0 Å². The fourth-order valence-corrected chi connectivity index (χ4v) is 4.41. The van der Waals surface area contributed by atoms with Gasteiger partial charge in [0.2, 0.25) is 11.8 Å². The molecule has 4 aromatic rings. The maximum absolute atomic E-state index is 13.7. The summed E-state index contributed by atoms with van der Waals surface area (Å²) < 4.78 is 5.77. The highest BCUT2D eigenvalue weighted by molar-refractivity contribution is 5.97. The number of rotatable bonds is 6. The van der Waals surface area contributed by atoms with Gasteiger partial charge in [0.25, 0.3) is 5.91 Å². The number of nitrogens with two attached hydrogens (primary N) is 1. The molecule has 212 valence electrons. The van der Waals surface area contributed by atoms with Crippen LogP contribution in [0, 0.1) is 18.3 Å². The molecule has 1 aliphatic rings. The summed E-state index contributed by atoms with van der Waals surface area (Å²) in [5.74, 6) is 0.406. The largest absolute Gasteiger partial charge is 0.419 e. The van der Waals surface area contributed by atoms with Crippen LogP contribution < -0.4 is 5.73 Å². The Kier molecular flexibility index (Phi) is 9.99. The summed E-state index contributed by atoms with van der Waals surface area (Å²) in [6.45, 7) is 5.84. The van der Waals surface area contributed by atoms with E-state index in [4.69, 9.17) is 10.2 Å². The summed E-state index contributed by atoms with van der Waals surface area (Å²) in [4.78, 5) is 15.4. The fraction of sp³-hybridized carbons (Fsp3) is 0.200. The third-order valence-electron chi connectivity index (χ3n) is 6.95. The van der Waals surface area contributed by atoms with Gasteiger partial charge in [0.05, 0.1) is 23.7 Å². The predicted octanol–water partition coefficient (Wildman–Crippen LogP) is 7.19. The maximum atomic E-state index is 13.7. The molecule has 1 heterocycles. The van der Waals surface area contributed by atoms with Gasteiger partial charge in [-0.25, -0.2) is 0 Å². The number of allylic oxidation sites excluding steroid dienone is 4. The Morgan fingerprint density at radius 1 is 1.00 bits per heavy atom. The molecular formula is C35H35N5O2. The van der Waals surface area contributed by atoms with Gasteiger partial charge in [-0.3, -0.25) is 4.79 Å². The Balaban J connectivity index is 0.000000507. The summed E-state index contributed by atoms with van der Waals surface area (Å²) in [6.07, 6.45) is 11.1. The molecule has 7 nitrogen and oxygen atoms in total. The van der Waals surface area contributed by atoms with Crippen LogP contribution in [0.25, 0.3) is 22.6 Å². The van der Waals surface area contributed by atoms with Crippen LogP contribution in [0.1, 0.15) is 53.7 Å². The van der Waals surface area contributed by atoms with E-state index in [1.807, 2.05) is 67.6 Å². The topological polar surface area (TPSA) is 109 Å². The average molecular weight is 558 g/mol. The number of nitrogens with zero attached hydrogens (tertiary/aromatic N) is 4. The number of carbonyl (C=O) groups is 1. The lowest BCUT2D eigenvalue weighted by molar-refractivity contribution is 0.0765. The number of aryl methyl sites for hydroxylation is 1. The molecule has 1 aromatic heterocycles. The first kappa shape index (κ1) is 29.9. The Hall–Kier alpha value is -5.06. The molecular weight excluding hydrogens is 522 g/mol. The van der Waals surface area contributed by atoms with Crippen LogP contribution in [0.4, 0.5) is 0 Å². The van der Waals surface area contributed by atoms with Crippen LogP contribution >= 0.6 is 0 Å². The Bertz CT molecular complexity index is 1660. The van der Waals surface area contributed by atoms with Gasteiger partial charge in [-0.1, -0.05) is 84.5 Å². The van der Waals surface area contributed by atoms with Crippen molar-refractivity contribution in [3.8, 4) is 28.7 Å². The fourth-order valence-electron chi connectivity index (χ4n) is 4.41. The van der Waals surface area contributed by atoms with E-state index in [1.54, 1.807) is 37.1 Å². The molecule has 1 aliphatic carbocycles. The van der Waals surface area contributed by atoms with Crippen molar-refractivity contribution in [2.45, 2.75) is 39.3 Å². The first-order valence-corrected chi connectivity index (χ1v) is 13.8. The molecule has 0 spiro atoms. The molecule has 5 rings (SSSR count). The smallest absolute Gasteiger partial charge is 0.254 e. The number of aromatic nitrogens is 2. The molecule has 2 atom stereocenters. The number of benzene rings is 3. The monoisotopic (exact) mass is 557 g/mol. The zero-order valence-electron chi connectivity index (χ0n) is 24.4. The second kappa shape index (κ2) is 14.0. The third-order valence-corrected chi connectivity index (χ3v) is 6.95. The summed E-state index contributed by atoms with van der Waals surface area (Å²) in [6, 6.07) is 24.6. The molecule has 7 heteroatoms. The van der Waals surface area contributed by atoms with Crippen molar-refractivity contribution < 1.29 is 9.21 Å². The summed E-state index contributed by atoms with van der Waals surface area (Å²) in [7, 11) is 1.78. The van der Waals surface area contributed by atoms with Crippen molar-refractivity contribution in [2.24, 2.45) is 5.73 Å². The number of hydrogen-bond donors (Lipinski definition) is 1. The molecule has 1 amide bonds. The minimum Gasteiger partial charge on any atom is -0.419 e. The van der Waals surface area contributed by atoms with Crippen molar-refractivity contribution in [3.63, 3.8) is 0 Å². The Labute approximate surface area is 247 Å². The van der Waals surface area contributed by atoms with Crippen molar-refractivity contribution in [3.05, 3.63) is 131 Å². The van der Waals surface area contributed by atoms with E-state index < -0.39 is 6.04 Å². The highest BCUT2D eigenvalue weighted by Gasteiger charge is 2.23. The molecule has 0 saturated carbocycles. The summed E-state index contributed by atoms with van der Waals surface area (Å²) >= 11 is 0. The highest BCUT2D eigenvalue weighted by Crippen LogP contribution is 2.31. The summed E-state index contributed by atoms with van der Waals surface area (Å²) in [5, 5.41) is 17.8. The van der Waals surface area contributed by atoms with Gasteiger partial charge in [0.1, 0.15) is 0 Å². The highest BCUT2D eigenvalue weighted by atomic mass is 16.4.